The number of ether oxygens (including phenoxy) is 3. The highest BCUT2D eigenvalue weighted by atomic mass is 35.5. The molecule has 1 N–H and O–H groups in total. The van der Waals surface area contributed by atoms with E-state index >= 15 is 0 Å². The molecule has 0 radical (unpaired) electrons. The predicted molar refractivity (Wildman–Crippen MR) is 133 cm³/mol. The highest BCUT2D eigenvalue weighted by Gasteiger charge is 2.13. The summed E-state index contributed by atoms with van der Waals surface area (Å²) in [6.07, 6.45) is 1.50. The number of methoxy groups -OCH3 is 3. The number of hydrogen-bond acceptors (Lipinski definition) is 10. The fourth-order valence-electron chi connectivity index (χ4n) is 2.55. The first kappa shape index (κ1) is 25.2. The lowest BCUT2D eigenvalue weighted by atomic mass is 10.2. The van der Waals surface area contributed by atoms with Crippen LogP contribution < -0.4 is 19.6 Å². The molecule has 0 atom stereocenters. The van der Waals surface area contributed by atoms with E-state index in [4.69, 9.17) is 25.8 Å². The lowest BCUT2D eigenvalue weighted by Crippen LogP contribution is -2.19. The summed E-state index contributed by atoms with van der Waals surface area (Å²) in [5, 5.41) is 13.0. The van der Waals surface area contributed by atoms with Gasteiger partial charge in [-0.3, -0.25) is 4.79 Å². The summed E-state index contributed by atoms with van der Waals surface area (Å²) in [6, 6.07) is 11.2. The number of aromatic nitrogens is 2. The van der Waals surface area contributed by atoms with Gasteiger partial charge < -0.3 is 14.2 Å². The molecule has 3 aromatic rings. The molecule has 174 valence electrons. The van der Waals surface area contributed by atoms with Crippen LogP contribution in [0.2, 0.25) is 5.02 Å². The topological polar surface area (TPSA) is 94.9 Å². The second-order valence-electron chi connectivity index (χ2n) is 6.29. The first-order valence-corrected chi connectivity index (χ1v) is 12.6. The lowest BCUT2D eigenvalue weighted by molar-refractivity contribution is -0.118. The molecule has 0 unspecified atom stereocenters. The van der Waals surface area contributed by atoms with Crippen LogP contribution in [0.25, 0.3) is 0 Å². The van der Waals surface area contributed by atoms with Gasteiger partial charge in [-0.2, -0.15) is 5.10 Å². The Kier molecular flexibility index (Phi) is 9.67. The van der Waals surface area contributed by atoms with E-state index in [9.17, 15) is 4.79 Å². The largest absolute Gasteiger partial charge is 0.493 e. The summed E-state index contributed by atoms with van der Waals surface area (Å²) in [5.41, 5.74) is 4.34. The van der Waals surface area contributed by atoms with Crippen molar-refractivity contribution in [3.05, 3.63) is 52.5 Å². The van der Waals surface area contributed by atoms with E-state index in [2.05, 4.69) is 20.7 Å². The van der Waals surface area contributed by atoms with E-state index in [1.165, 1.54) is 50.6 Å². The summed E-state index contributed by atoms with van der Waals surface area (Å²) in [7, 11) is 4.60. The Morgan fingerprint density at radius 1 is 1.06 bits per heavy atom. The standard InChI is InChI=1S/C21H21ClN4O4S3/c1-28-16-8-14(9-17(29-2)19(16)30-3)10-23-24-18(27)12-32-21-26-25-20(33-21)31-11-13-4-6-15(22)7-5-13/h4-10H,11-12H2,1-3H3,(H,24,27). The molecule has 33 heavy (non-hydrogen) atoms. The maximum atomic E-state index is 12.1. The molecule has 0 bridgehead atoms. The Labute approximate surface area is 209 Å². The van der Waals surface area contributed by atoms with Crippen molar-refractivity contribution in [2.24, 2.45) is 5.10 Å². The molecule has 1 heterocycles. The van der Waals surface area contributed by atoms with Gasteiger partial charge in [-0.05, 0) is 29.8 Å². The number of halogens is 1. The number of hydrogen-bond donors (Lipinski definition) is 1. The van der Waals surface area contributed by atoms with E-state index in [-0.39, 0.29) is 11.7 Å². The summed E-state index contributed by atoms with van der Waals surface area (Å²) < 4.78 is 17.5. The number of hydrazone groups is 1. The third kappa shape index (κ3) is 7.53. The molecule has 1 aromatic heterocycles. The van der Waals surface area contributed by atoms with Crippen molar-refractivity contribution >= 4 is 58.6 Å². The Balaban J connectivity index is 1.47. The van der Waals surface area contributed by atoms with Crippen molar-refractivity contribution in [1.82, 2.24) is 15.6 Å². The van der Waals surface area contributed by atoms with Crippen LogP contribution in [0.5, 0.6) is 17.2 Å². The summed E-state index contributed by atoms with van der Waals surface area (Å²) in [6.45, 7) is 0. The molecule has 0 saturated heterocycles. The second-order valence-corrected chi connectivity index (χ2v) is 10.1. The minimum Gasteiger partial charge on any atom is -0.493 e. The van der Waals surface area contributed by atoms with Gasteiger partial charge in [0.2, 0.25) is 5.75 Å². The molecule has 0 aliphatic carbocycles. The summed E-state index contributed by atoms with van der Waals surface area (Å²) in [4.78, 5) is 12.1. The van der Waals surface area contributed by atoms with Crippen molar-refractivity contribution in [3.8, 4) is 17.2 Å². The number of carbonyl (C=O) groups excluding carboxylic acids is 1. The van der Waals surface area contributed by atoms with E-state index in [0.29, 0.717) is 27.8 Å². The average molecular weight is 525 g/mol. The van der Waals surface area contributed by atoms with Crippen molar-refractivity contribution in [3.63, 3.8) is 0 Å². The van der Waals surface area contributed by atoms with E-state index in [1.807, 2.05) is 24.3 Å². The third-order valence-electron chi connectivity index (χ3n) is 4.08. The summed E-state index contributed by atoms with van der Waals surface area (Å²) in [5.74, 6) is 2.17. The maximum Gasteiger partial charge on any atom is 0.250 e. The monoisotopic (exact) mass is 524 g/mol. The zero-order valence-electron chi connectivity index (χ0n) is 18.0. The molecule has 12 heteroatoms. The first-order valence-electron chi connectivity index (χ1n) is 9.47. The number of rotatable bonds is 11. The van der Waals surface area contributed by atoms with Crippen LogP contribution in [-0.4, -0.2) is 49.4 Å². The number of benzene rings is 2. The number of amides is 1. The number of carbonyl (C=O) groups is 1. The Bertz CT molecular complexity index is 1080. The SMILES string of the molecule is COc1cc(C=NNC(=O)CSc2nnc(SCc3ccc(Cl)cc3)s2)cc(OC)c1OC. The van der Waals surface area contributed by atoms with Gasteiger partial charge in [-0.1, -0.05) is 58.6 Å². The van der Waals surface area contributed by atoms with E-state index in [0.717, 1.165) is 20.0 Å². The minimum atomic E-state index is -0.255. The zero-order valence-corrected chi connectivity index (χ0v) is 21.2. The predicted octanol–water partition coefficient (Wildman–Crippen LogP) is 4.75. The fraction of sp³-hybridized carbons (Fsp3) is 0.238. The number of thioether (sulfide) groups is 2. The van der Waals surface area contributed by atoms with Gasteiger partial charge >= 0.3 is 0 Å². The van der Waals surface area contributed by atoms with Crippen molar-refractivity contribution in [2.45, 2.75) is 14.4 Å². The van der Waals surface area contributed by atoms with Gasteiger partial charge in [0.1, 0.15) is 0 Å². The van der Waals surface area contributed by atoms with Crippen LogP contribution in [0, 0.1) is 0 Å². The molecular formula is C21H21ClN4O4S3. The van der Waals surface area contributed by atoms with Crippen LogP contribution in [-0.2, 0) is 10.5 Å². The van der Waals surface area contributed by atoms with E-state index in [1.54, 1.807) is 23.9 Å². The average Bonchev–Trinajstić information content (AvgIpc) is 3.29. The molecule has 0 aliphatic heterocycles. The summed E-state index contributed by atoms with van der Waals surface area (Å²) >= 11 is 10.3. The van der Waals surface area contributed by atoms with Gasteiger partial charge in [0, 0.05) is 16.3 Å². The molecule has 3 rings (SSSR count). The highest BCUT2D eigenvalue weighted by molar-refractivity contribution is 8.03. The number of nitrogens with zero attached hydrogens (tertiary/aromatic N) is 3. The molecule has 2 aromatic carbocycles. The quantitative estimate of drug-likeness (QED) is 0.218. The maximum absolute atomic E-state index is 12.1. The molecule has 0 saturated carbocycles. The van der Waals surface area contributed by atoms with Crippen molar-refractivity contribution in [2.75, 3.05) is 27.1 Å². The molecular weight excluding hydrogens is 504 g/mol. The molecule has 8 nitrogen and oxygen atoms in total. The van der Waals surface area contributed by atoms with Crippen molar-refractivity contribution < 1.29 is 19.0 Å². The second kappa shape index (κ2) is 12.7. The fourth-order valence-corrected chi connectivity index (χ4v) is 5.45. The van der Waals surface area contributed by atoms with Crippen LogP contribution in [0.4, 0.5) is 0 Å². The van der Waals surface area contributed by atoms with Gasteiger partial charge in [-0.25, -0.2) is 5.43 Å². The normalized spacial score (nSPS) is 10.9. The highest BCUT2D eigenvalue weighted by Crippen LogP contribution is 2.37. The van der Waals surface area contributed by atoms with Crippen LogP contribution in [0.3, 0.4) is 0 Å². The van der Waals surface area contributed by atoms with Crippen LogP contribution in [0.15, 0.2) is 50.2 Å². The van der Waals surface area contributed by atoms with Gasteiger partial charge in [0.25, 0.3) is 5.91 Å². The van der Waals surface area contributed by atoms with Crippen LogP contribution >= 0.6 is 46.5 Å². The smallest absolute Gasteiger partial charge is 0.250 e. The first-order chi connectivity index (χ1) is 16.0. The number of nitrogens with one attached hydrogen (secondary N) is 1. The Morgan fingerprint density at radius 2 is 1.70 bits per heavy atom. The van der Waals surface area contributed by atoms with Crippen molar-refractivity contribution in [1.29, 1.82) is 0 Å². The lowest BCUT2D eigenvalue weighted by Gasteiger charge is -2.12. The minimum absolute atomic E-state index is 0.170. The zero-order chi connectivity index (χ0) is 23.6. The molecule has 0 spiro atoms. The Morgan fingerprint density at radius 3 is 2.30 bits per heavy atom. The van der Waals surface area contributed by atoms with Gasteiger partial charge in [0.05, 0.1) is 33.3 Å². The van der Waals surface area contributed by atoms with Gasteiger partial charge in [0.15, 0.2) is 20.2 Å². The van der Waals surface area contributed by atoms with E-state index < -0.39 is 0 Å². The molecule has 0 aliphatic rings. The van der Waals surface area contributed by atoms with Gasteiger partial charge in [-0.15, -0.1) is 10.2 Å². The Hall–Kier alpha value is -2.47. The molecule has 0 fully saturated rings. The third-order valence-corrected chi connectivity index (χ3v) is 7.59. The molecule has 1 amide bonds. The van der Waals surface area contributed by atoms with Crippen LogP contribution in [0.1, 0.15) is 11.1 Å².